The van der Waals surface area contributed by atoms with Gasteiger partial charge in [0.25, 0.3) is 0 Å². The van der Waals surface area contributed by atoms with E-state index in [1.54, 1.807) is 6.20 Å². The van der Waals surface area contributed by atoms with Gasteiger partial charge in [-0.3, -0.25) is 9.20 Å². The number of rotatable bonds is 3. The second-order valence-corrected chi connectivity index (χ2v) is 5.09. The van der Waals surface area contributed by atoms with E-state index >= 15 is 0 Å². The van der Waals surface area contributed by atoms with E-state index in [1.807, 2.05) is 16.8 Å². The SMILES string of the molecule is O=C1CC(NCc2cnc3cnc(Br)cn23)CN1. The van der Waals surface area contributed by atoms with Crippen LogP contribution in [-0.4, -0.2) is 32.9 Å². The molecule has 7 heteroatoms. The van der Waals surface area contributed by atoms with Crippen molar-refractivity contribution in [2.75, 3.05) is 6.54 Å². The predicted molar refractivity (Wildman–Crippen MR) is 68.9 cm³/mol. The molecule has 2 N–H and O–H groups in total. The summed E-state index contributed by atoms with van der Waals surface area (Å²) in [6.45, 7) is 1.37. The largest absolute Gasteiger partial charge is 0.354 e. The van der Waals surface area contributed by atoms with Crippen molar-refractivity contribution in [1.29, 1.82) is 0 Å². The third kappa shape index (κ3) is 2.23. The van der Waals surface area contributed by atoms with Crippen molar-refractivity contribution < 1.29 is 4.79 Å². The van der Waals surface area contributed by atoms with Crippen LogP contribution < -0.4 is 10.6 Å². The maximum absolute atomic E-state index is 11.1. The number of carbonyl (C=O) groups excluding carboxylic acids is 1. The minimum atomic E-state index is 0.109. The lowest BCUT2D eigenvalue weighted by molar-refractivity contribution is -0.119. The Bertz CT molecular complexity index is 596. The van der Waals surface area contributed by atoms with Crippen LogP contribution in [0, 0.1) is 0 Å². The Morgan fingerprint density at radius 2 is 2.39 bits per heavy atom. The van der Waals surface area contributed by atoms with Crippen LogP contribution in [0.15, 0.2) is 23.2 Å². The first kappa shape index (κ1) is 11.6. The number of carbonyl (C=O) groups is 1. The molecule has 2 aromatic rings. The van der Waals surface area contributed by atoms with E-state index in [0.29, 0.717) is 19.5 Å². The highest BCUT2D eigenvalue weighted by Gasteiger charge is 2.20. The maximum Gasteiger partial charge on any atom is 0.221 e. The minimum absolute atomic E-state index is 0.109. The lowest BCUT2D eigenvalue weighted by atomic mass is 10.2. The highest BCUT2D eigenvalue weighted by molar-refractivity contribution is 9.10. The molecule has 1 unspecified atom stereocenters. The van der Waals surface area contributed by atoms with Gasteiger partial charge in [0.15, 0.2) is 5.65 Å². The van der Waals surface area contributed by atoms with Gasteiger partial charge in [0.2, 0.25) is 5.91 Å². The summed E-state index contributed by atoms with van der Waals surface area (Å²) in [5.74, 6) is 0.109. The lowest BCUT2D eigenvalue weighted by Crippen LogP contribution is -2.30. The molecule has 1 fully saturated rings. The fraction of sp³-hybridized carbons (Fsp3) is 0.364. The van der Waals surface area contributed by atoms with Gasteiger partial charge in [0.05, 0.1) is 18.1 Å². The number of aromatic nitrogens is 3. The van der Waals surface area contributed by atoms with Gasteiger partial charge in [-0.15, -0.1) is 0 Å². The second kappa shape index (κ2) is 4.66. The molecule has 1 amide bonds. The Morgan fingerprint density at radius 3 is 3.17 bits per heavy atom. The molecule has 6 nitrogen and oxygen atoms in total. The van der Waals surface area contributed by atoms with E-state index in [9.17, 15) is 4.79 Å². The molecule has 94 valence electrons. The van der Waals surface area contributed by atoms with Crippen LogP contribution in [0.4, 0.5) is 0 Å². The summed E-state index contributed by atoms with van der Waals surface area (Å²) < 4.78 is 2.75. The third-order valence-electron chi connectivity index (χ3n) is 2.99. The van der Waals surface area contributed by atoms with Crippen LogP contribution in [-0.2, 0) is 11.3 Å². The second-order valence-electron chi connectivity index (χ2n) is 4.27. The van der Waals surface area contributed by atoms with E-state index < -0.39 is 0 Å². The highest BCUT2D eigenvalue weighted by Crippen LogP contribution is 2.11. The van der Waals surface area contributed by atoms with Gasteiger partial charge in [-0.25, -0.2) is 9.97 Å². The van der Waals surface area contributed by atoms with Gasteiger partial charge in [-0.2, -0.15) is 0 Å². The van der Waals surface area contributed by atoms with E-state index in [2.05, 4.69) is 36.5 Å². The fourth-order valence-electron chi connectivity index (χ4n) is 2.05. The van der Waals surface area contributed by atoms with Gasteiger partial charge >= 0.3 is 0 Å². The Balaban J connectivity index is 1.74. The molecular formula is C11H12BrN5O. The number of halogens is 1. The molecule has 0 aliphatic carbocycles. The maximum atomic E-state index is 11.1. The molecule has 0 saturated carbocycles. The fourth-order valence-corrected chi connectivity index (χ4v) is 2.35. The van der Waals surface area contributed by atoms with Crippen LogP contribution in [0.3, 0.4) is 0 Å². The zero-order chi connectivity index (χ0) is 12.5. The van der Waals surface area contributed by atoms with Crippen LogP contribution in [0.25, 0.3) is 5.65 Å². The van der Waals surface area contributed by atoms with Gasteiger partial charge in [0, 0.05) is 31.7 Å². The van der Waals surface area contributed by atoms with Crippen molar-refractivity contribution in [2.45, 2.75) is 19.0 Å². The Kier molecular flexibility index (Phi) is 3.00. The number of imidazole rings is 1. The molecular weight excluding hydrogens is 298 g/mol. The zero-order valence-corrected chi connectivity index (χ0v) is 11.1. The van der Waals surface area contributed by atoms with Crippen molar-refractivity contribution in [1.82, 2.24) is 25.0 Å². The summed E-state index contributed by atoms with van der Waals surface area (Å²) in [5, 5.41) is 6.15. The molecule has 18 heavy (non-hydrogen) atoms. The monoisotopic (exact) mass is 309 g/mol. The lowest BCUT2D eigenvalue weighted by Gasteiger charge is -2.09. The van der Waals surface area contributed by atoms with Crippen LogP contribution in [0.5, 0.6) is 0 Å². The molecule has 1 atom stereocenters. The number of amides is 1. The zero-order valence-electron chi connectivity index (χ0n) is 9.56. The molecule has 3 rings (SSSR count). The number of fused-ring (bicyclic) bond motifs is 1. The molecule has 0 radical (unpaired) electrons. The molecule has 1 aliphatic rings. The summed E-state index contributed by atoms with van der Waals surface area (Å²) in [4.78, 5) is 19.5. The van der Waals surface area contributed by atoms with Crippen LogP contribution in [0.2, 0.25) is 0 Å². The topological polar surface area (TPSA) is 71.3 Å². The normalized spacial score (nSPS) is 19.4. The van der Waals surface area contributed by atoms with Crippen LogP contribution in [0.1, 0.15) is 12.1 Å². The van der Waals surface area contributed by atoms with E-state index in [-0.39, 0.29) is 11.9 Å². The number of hydrogen-bond donors (Lipinski definition) is 2. The van der Waals surface area contributed by atoms with Gasteiger partial charge in [-0.05, 0) is 15.9 Å². The average Bonchev–Trinajstić information content (AvgIpc) is 2.93. The molecule has 1 aliphatic heterocycles. The van der Waals surface area contributed by atoms with Crippen LogP contribution >= 0.6 is 15.9 Å². The van der Waals surface area contributed by atoms with Crippen molar-refractivity contribution in [2.24, 2.45) is 0 Å². The molecule has 1 saturated heterocycles. The van der Waals surface area contributed by atoms with Gasteiger partial charge < -0.3 is 10.6 Å². The first-order valence-corrected chi connectivity index (χ1v) is 6.49. The summed E-state index contributed by atoms with van der Waals surface area (Å²) in [6, 6.07) is 0.202. The minimum Gasteiger partial charge on any atom is -0.354 e. The van der Waals surface area contributed by atoms with Crippen molar-refractivity contribution in [3.05, 3.63) is 28.9 Å². The van der Waals surface area contributed by atoms with Gasteiger partial charge in [0.1, 0.15) is 4.60 Å². The molecule has 0 spiro atoms. The average molecular weight is 310 g/mol. The molecule has 0 bridgehead atoms. The summed E-state index contributed by atoms with van der Waals surface area (Å²) in [7, 11) is 0. The Hall–Kier alpha value is -1.47. The standard InChI is InChI=1S/C11H12BrN5O/c12-9-6-17-8(4-15-10(17)5-14-9)3-13-7-1-11(18)16-2-7/h4-7,13H,1-3H2,(H,16,18). The van der Waals surface area contributed by atoms with E-state index in [0.717, 1.165) is 15.9 Å². The number of nitrogens with one attached hydrogen (secondary N) is 2. The quantitative estimate of drug-likeness (QED) is 0.864. The molecule has 3 heterocycles. The van der Waals surface area contributed by atoms with E-state index in [1.165, 1.54) is 0 Å². The predicted octanol–water partition coefficient (Wildman–Crippen LogP) is 0.470. The molecule has 2 aromatic heterocycles. The molecule has 0 aromatic carbocycles. The first-order chi connectivity index (χ1) is 8.72. The highest BCUT2D eigenvalue weighted by atomic mass is 79.9. The van der Waals surface area contributed by atoms with Crippen molar-refractivity contribution >= 4 is 27.5 Å². The van der Waals surface area contributed by atoms with Gasteiger partial charge in [-0.1, -0.05) is 0 Å². The smallest absolute Gasteiger partial charge is 0.221 e. The summed E-state index contributed by atoms with van der Waals surface area (Å²) in [5.41, 5.74) is 1.86. The summed E-state index contributed by atoms with van der Waals surface area (Å²) >= 11 is 3.34. The number of nitrogens with zero attached hydrogens (tertiary/aromatic N) is 3. The van der Waals surface area contributed by atoms with E-state index in [4.69, 9.17) is 0 Å². The Labute approximate surface area is 112 Å². The summed E-state index contributed by atoms with van der Waals surface area (Å²) in [6.07, 6.45) is 5.97. The number of hydrogen-bond acceptors (Lipinski definition) is 4. The third-order valence-corrected chi connectivity index (χ3v) is 3.40. The van der Waals surface area contributed by atoms with Crippen molar-refractivity contribution in [3.8, 4) is 0 Å². The first-order valence-electron chi connectivity index (χ1n) is 5.70. The van der Waals surface area contributed by atoms with Crippen molar-refractivity contribution in [3.63, 3.8) is 0 Å². The Morgan fingerprint density at radius 1 is 1.50 bits per heavy atom.